The molecule has 0 aliphatic heterocycles. The molecule has 0 saturated heterocycles. The lowest BCUT2D eigenvalue weighted by molar-refractivity contribution is -0.387. The first-order chi connectivity index (χ1) is 8.41. The van der Waals surface area contributed by atoms with E-state index in [1.165, 1.54) is 0 Å². The van der Waals surface area contributed by atoms with E-state index in [0.29, 0.717) is 6.07 Å². The Morgan fingerprint density at radius 1 is 1.50 bits per heavy atom. The Hall–Kier alpha value is -2.55. The van der Waals surface area contributed by atoms with Gasteiger partial charge < -0.3 is 5.11 Å². The van der Waals surface area contributed by atoms with Crippen LogP contribution in [0.15, 0.2) is 18.2 Å². The van der Waals surface area contributed by atoms with Gasteiger partial charge in [-0.3, -0.25) is 19.7 Å². The molecule has 1 aromatic carbocycles. The summed E-state index contributed by atoms with van der Waals surface area (Å²) in [5.74, 6) is -3.39. The van der Waals surface area contributed by atoms with Crippen molar-refractivity contribution in [3.8, 4) is 0 Å². The van der Waals surface area contributed by atoms with Gasteiger partial charge >= 0.3 is 11.7 Å². The number of carboxylic acid groups (broad SMARTS) is 1. The highest BCUT2D eigenvalue weighted by Gasteiger charge is 2.16. The molecule has 8 nitrogen and oxygen atoms in total. The number of halogens is 1. The van der Waals surface area contributed by atoms with Crippen LogP contribution < -0.4 is 5.48 Å². The topological polar surface area (TPSA) is 119 Å². The van der Waals surface area contributed by atoms with Crippen LogP contribution in [0.4, 0.5) is 10.1 Å². The number of carbonyl (C=O) groups is 2. The first-order valence-electron chi connectivity index (χ1n) is 4.49. The highest BCUT2D eigenvalue weighted by atomic mass is 19.1. The number of hydrogen-bond donors (Lipinski definition) is 2. The zero-order chi connectivity index (χ0) is 13.7. The van der Waals surface area contributed by atoms with Gasteiger partial charge in [0, 0.05) is 11.6 Å². The summed E-state index contributed by atoms with van der Waals surface area (Å²) in [5, 5.41) is 18.6. The fourth-order valence-corrected chi connectivity index (χ4v) is 1.02. The standard InChI is InChI=1S/C9H7FN2O6/c10-6-3-5(1-2-7(6)12(16)17)9(15)11-18-4-8(13)14/h1-3H,4H2,(H,11,15)(H,13,14). The third kappa shape index (κ3) is 3.49. The largest absolute Gasteiger partial charge is 0.479 e. The summed E-state index contributed by atoms with van der Waals surface area (Å²) in [5.41, 5.74) is 0.751. The molecule has 0 aliphatic rings. The van der Waals surface area contributed by atoms with E-state index in [1.807, 2.05) is 0 Å². The molecule has 0 bridgehead atoms. The van der Waals surface area contributed by atoms with Gasteiger partial charge in [0.15, 0.2) is 6.61 Å². The maximum absolute atomic E-state index is 13.2. The molecule has 0 fully saturated rings. The number of hydrogen-bond acceptors (Lipinski definition) is 5. The maximum Gasteiger partial charge on any atom is 0.332 e. The molecule has 0 heterocycles. The SMILES string of the molecule is O=C(O)CONC(=O)c1ccc([N+](=O)[O-])c(F)c1. The third-order valence-electron chi connectivity index (χ3n) is 1.77. The molecular formula is C9H7FN2O6. The van der Waals surface area contributed by atoms with Crippen LogP contribution in [-0.2, 0) is 9.63 Å². The van der Waals surface area contributed by atoms with Gasteiger partial charge in [0.1, 0.15) is 0 Å². The second kappa shape index (κ2) is 5.68. The van der Waals surface area contributed by atoms with Crippen molar-refractivity contribution in [2.45, 2.75) is 0 Å². The minimum Gasteiger partial charge on any atom is -0.479 e. The molecule has 0 aliphatic carbocycles. The summed E-state index contributed by atoms with van der Waals surface area (Å²) in [6.07, 6.45) is 0. The first-order valence-corrected chi connectivity index (χ1v) is 4.49. The van der Waals surface area contributed by atoms with Crippen LogP contribution >= 0.6 is 0 Å². The lowest BCUT2D eigenvalue weighted by atomic mass is 10.2. The summed E-state index contributed by atoms with van der Waals surface area (Å²) >= 11 is 0. The second-order valence-corrected chi connectivity index (χ2v) is 3.04. The molecule has 0 aromatic heterocycles. The number of nitrogens with zero attached hydrogens (tertiary/aromatic N) is 1. The van der Waals surface area contributed by atoms with Gasteiger partial charge in [-0.1, -0.05) is 0 Å². The zero-order valence-corrected chi connectivity index (χ0v) is 8.75. The number of aliphatic carboxylic acids is 1. The van der Waals surface area contributed by atoms with Gasteiger partial charge in [0.25, 0.3) is 5.91 Å². The van der Waals surface area contributed by atoms with Gasteiger partial charge in [-0.25, -0.2) is 10.3 Å². The Balaban J connectivity index is 2.72. The second-order valence-electron chi connectivity index (χ2n) is 3.04. The lowest BCUT2D eigenvalue weighted by Crippen LogP contribution is -2.26. The minimum absolute atomic E-state index is 0.233. The average molecular weight is 258 g/mol. The maximum atomic E-state index is 13.2. The van der Waals surface area contributed by atoms with E-state index in [9.17, 15) is 24.1 Å². The van der Waals surface area contributed by atoms with E-state index in [1.54, 1.807) is 5.48 Å². The summed E-state index contributed by atoms with van der Waals surface area (Å²) in [6.45, 7) is -0.763. The molecule has 1 rings (SSSR count). The van der Waals surface area contributed by atoms with Crippen molar-refractivity contribution in [2.24, 2.45) is 0 Å². The molecule has 1 aromatic rings. The number of nitro groups is 1. The van der Waals surface area contributed by atoms with Gasteiger partial charge in [0.05, 0.1) is 4.92 Å². The van der Waals surface area contributed by atoms with Crippen LogP contribution in [0.5, 0.6) is 0 Å². The van der Waals surface area contributed by atoms with Crippen LogP contribution in [0.2, 0.25) is 0 Å². The Kier molecular flexibility index (Phi) is 4.27. The van der Waals surface area contributed by atoms with E-state index >= 15 is 0 Å². The number of carbonyl (C=O) groups excluding carboxylic acids is 1. The summed E-state index contributed by atoms with van der Waals surface area (Å²) in [7, 11) is 0. The van der Waals surface area contributed by atoms with E-state index in [0.717, 1.165) is 12.1 Å². The number of carboxylic acids is 1. The van der Waals surface area contributed by atoms with E-state index in [-0.39, 0.29) is 5.56 Å². The number of nitro benzene ring substituents is 1. The van der Waals surface area contributed by atoms with Crippen LogP contribution in [0, 0.1) is 15.9 Å². The number of hydroxylamine groups is 1. The highest BCUT2D eigenvalue weighted by molar-refractivity contribution is 5.93. The predicted octanol–water partition coefficient (Wildman–Crippen LogP) is 0.480. The van der Waals surface area contributed by atoms with Crippen molar-refractivity contribution < 1.29 is 28.8 Å². The molecule has 1 amide bonds. The van der Waals surface area contributed by atoms with Crippen LogP contribution in [0.3, 0.4) is 0 Å². The van der Waals surface area contributed by atoms with Gasteiger partial charge in [-0.05, 0) is 12.1 Å². The number of nitrogens with one attached hydrogen (secondary N) is 1. The summed E-state index contributed by atoms with van der Waals surface area (Å²) in [4.78, 5) is 35.0. The molecule has 0 saturated carbocycles. The Labute approximate surface area is 99.1 Å². The minimum atomic E-state index is -1.30. The summed E-state index contributed by atoms with van der Waals surface area (Å²) in [6, 6.07) is 2.49. The van der Waals surface area contributed by atoms with Crippen molar-refractivity contribution in [3.63, 3.8) is 0 Å². The molecule has 96 valence electrons. The molecule has 0 atom stereocenters. The first kappa shape index (κ1) is 13.5. The Morgan fingerprint density at radius 3 is 2.67 bits per heavy atom. The predicted molar refractivity (Wildman–Crippen MR) is 54.1 cm³/mol. The molecule has 9 heteroatoms. The summed E-state index contributed by atoms with van der Waals surface area (Å²) < 4.78 is 13.2. The van der Waals surface area contributed by atoms with Crippen LogP contribution in [-0.4, -0.2) is 28.5 Å². The van der Waals surface area contributed by atoms with Crippen LogP contribution in [0.1, 0.15) is 10.4 Å². The number of rotatable bonds is 5. The van der Waals surface area contributed by atoms with E-state index < -0.39 is 34.9 Å². The molecule has 18 heavy (non-hydrogen) atoms. The van der Waals surface area contributed by atoms with Crippen molar-refractivity contribution in [3.05, 3.63) is 39.7 Å². The monoisotopic (exact) mass is 258 g/mol. The fraction of sp³-hybridized carbons (Fsp3) is 0.111. The molecule has 2 N–H and O–H groups in total. The zero-order valence-electron chi connectivity index (χ0n) is 8.75. The molecule has 0 spiro atoms. The van der Waals surface area contributed by atoms with E-state index in [2.05, 4.69) is 4.84 Å². The number of benzene rings is 1. The van der Waals surface area contributed by atoms with Gasteiger partial charge in [-0.15, -0.1) is 0 Å². The normalized spacial score (nSPS) is 9.83. The third-order valence-corrected chi connectivity index (χ3v) is 1.77. The van der Waals surface area contributed by atoms with Crippen LogP contribution in [0.25, 0.3) is 0 Å². The lowest BCUT2D eigenvalue weighted by Gasteiger charge is -2.03. The smallest absolute Gasteiger partial charge is 0.332 e. The van der Waals surface area contributed by atoms with Crippen molar-refractivity contribution in [1.29, 1.82) is 0 Å². The Bertz CT molecular complexity index is 504. The quantitative estimate of drug-likeness (QED) is 0.585. The van der Waals surface area contributed by atoms with Gasteiger partial charge in [0.2, 0.25) is 5.82 Å². The van der Waals surface area contributed by atoms with E-state index in [4.69, 9.17) is 5.11 Å². The fourth-order valence-electron chi connectivity index (χ4n) is 1.02. The average Bonchev–Trinajstić information content (AvgIpc) is 2.27. The van der Waals surface area contributed by atoms with Crippen molar-refractivity contribution in [1.82, 2.24) is 5.48 Å². The van der Waals surface area contributed by atoms with Crippen molar-refractivity contribution in [2.75, 3.05) is 6.61 Å². The Morgan fingerprint density at radius 2 is 2.17 bits per heavy atom. The highest BCUT2D eigenvalue weighted by Crippen LogP contribution is 2.17. The number of amides is 1. The van der Waals surface area contributed by atoms with Gasteiger partial charge in [-0.2, -0.15) is 4.39 Å². The molecular weight excluding hydrogens is 251 g/mol. The molecule has 0 unspecified atom stereocenters. The van der Waals surface area contributed by atoms with Crippen molar-refractivity contribution >= 4 is 17.6 Å². The molecule has 0 radical (unpaired) electrons.